The number of carbonyl (C=O) groups excluding carboxylic acids is 2. The minimum atomic E-state index is -0.0654. The number of nitrogens with one attached hydrogen (secondary N) is 1. The first-order valence-corrected chi connectivity index (χ1v) is 11.3. The van der Waals surface area contributed by atoms with E-state index in [1.165, 1.54) is 10.4 Å². The third-order valence-corrected chi connectivity index (χ3v) is 6.76. The number of nitrogens with zero attached hydrogens (tertiary/aromatic N) is 1. The monoisotopic (exact) mass is 434 g/mol. The van der Waals surface area contributed by atoms with Crippen molar-refractivity contribution in [3.05, 3.63) is 81.0 Å². The Kier molecular flexibility index (Phi) is 6.37. The van der Waals surface area contributed by atoms with Crippen molar-refractivity contribution in [2.45, 2.75) is 32.7 Å². The SMILES string of the molecule is COc1ccc(CCC(=O)Nc2cccc(C(=O)N3CCc4sccc4C3)c2C)cc1. The predicted octanol–water partition coefficient (Wildman–Crippen LogP) is 4.83. The van der Waals surface area contributed by atoms with Crippen molar-refractivity contribution in [3.8, 4) is 5.75 Å². The first-order valence-electron chi connectivity index (χ1n) is 10.4. The van der Waals surface area contributed by atoms with Gasteiger partial charge in [-0.3, -0.25) is 9.59 Å². The number of fused-ring (bicyclic) bond motifs is 1. The van der Waals surface area contributed by atoms with Crippen LogP contribution >= 0.6 is 11.3 Å². The summed E-state index contributed by atoms with van der Waals surface area (Å²) in [5.74, 6) is 0.752. The van der Waals surface area contributed by atoms with Gasteiger partial charge in [0.2, 0.25) is 5.91 Å². The quantitative estimate of drug-likeness (QED) is 0.604. The summed E-state index contributed by atoms with van der Waals surface area (Å²) >= 11 is 1.76. The molecule has 0 aliphatic carbocycles. The third-order valence-electron chi connectivity index (χ3n) is 5.73. The summed E-state index contributed by atoms with van der Waals surface area (Å²) in [5, 5.41) is 5.07. The highest BCUT2D eigenvalue weighted by molar-refractivity contribution is 7.10. The fourth-order valence-electron chi connectivity index (χ4n) is 3.86. The minimum Gasteiger partial charge on any atom is -0.497 e. The topological polar surface area (TPSA) is 58.6 Å². The Hall–Kier alpha value is -3.12. The summed E-state index contributed by atoms with van der Waals surface area (Å²) in [5.41, 5.74) is 4.46. The number of anilines is 1. The van der Waals surface area contributed by atoms with Crippen LogP contribution in [0.3, 0.4) is 0 Å². The minimum absolute atomic E-state index is 0.0173. The molecule has 3 aromatic rings. The molecule has 0 bridgehead atoms. The average molecular weight is 435 g/mol. The van der Waals surface area contributed by atoms with Gasteiger partial charge in [0.15, 0.2) is 0 Å². The second kappa shape index (κ2) is 9.35. The highest BCUT2D eigenvalue weighted by Gasteiger charge is 2.24. The van der Waals surface area contributed by atoms with E-state index in [-0.39, 0.29) is 11.8 Å². The molecule has 1 aromatic heterocycles. The van der Waals surface area contributed by atoms with Crippen LogP contribution in [-0.2, 0) is 24.2 Å². The van der Waals surface area contributed by atoms with Gasteiger partial charge in [0.1, 0.15) is 5.75 Å². The van der Waals surface area contributed by atoms with Crippen LogP contribution in [0.2, 0.25) is 0 Å². The van der Waals surface area contributed by atoms with E-state index in [1.54, 1.807) is 18.4 Å². The van der Waals surface area contributed by atoms with Crippen LogP contribution in [0.25, 0.3) is 0 Å². The van der Waals surface area contributed by atoms with Crippen molar-refractivity contribution < 1.29 is 14.3 Å². The van der Waals surface area contributed by atoms with Crippen LogP contribution in [0, 0.1) is 6.92 Å². The maximum atomic E-state index is 13.2. The zero-order valence-electron chi connectivity index (χ0n) is 17.8. The van der Waals surface area contributed by atoms with Crippen molar-refractivity contribution in [2.75, 3.05) is 19.0 Å². The van der Waals surface area contributed by atoms with Gasteiger partial charge in [-0.1, -0.05) is 18.2 Å². The zero-order valence-corrected chi connectivity index (χ0v) is 18.6. The summed E-state index contributed by atoms with van der Waals surface area (Å²) in [6.07, 6.45) is 1.92. The van der Waals surface area contributed by atoms with E-state index in [1.807, 2.05) is 54.3 Å². The van der Waals surface area contributed by atoms with E-state index < -0.39 is 0 Å². The molecule has 2 aromatic carbocycles. The molecule has 2 amide bonds. The molecule has 31 heavy (non-hydrogen) atoms. The van der Waals surface area contributed by atoms with Crippen molar-refractivity contribution in [1.82, 2.24) is 4.90 Å². The second-order valence-corrected chi connectivity index (χ2v) is 8.72. The molecule has 0 saturated carbocycles. The lowest BCUT2D eigenvalue weighted by molar-refractivity contribution is -0.116. The maximum absolute atomic E-state index is 13.2. The van der Waals surface area contributed by atoms with E-state index in [4.69, 9.17) is 4.74 Å². The molecule has 2 heterocycles. The fourth-order valence-corrected chi connectivity index (χ4v) is 4.75. The first kappa shape index (κ1) is 21.1. The van der Waals surface area contributed by atoms with E-state index in [2.05, 4.69) is 16.8 Å². The number of rotatable bonds is 6. The van der Waals surface area contributed by atoms with Crippen LogP contribution in [0.1, 0.15) is 38.3 Å². The Morgan fingerprint density at radius 3 is 2.71 bits per heavy atom. The van der Waals surface area contributed by atoms with Gasteiger partial charge in [0.05, 0.1) is 7.11 Å². The number of ether oxygens (including phenoxy) is 1. The molecule has 5 nitrogen and oxygen atoms in total. The van der Waals surface area contributed by atoms with Gasteiger partial charge >= 0.3 is 0 Å². The normalized spacial score (nSPS) is 12.9. The number of benzene rings is 2. The maximum Gasteiger partial charge on any atom is 0.254 e. The summed E-state index contributed by atoms with van der Waals surface area (Å²) in [4.78, 5) is 29.0. The first-order chi connectivity index (χ1) is 15.0. The Morgan fingerprint density at radius 2 is 1.94 bits per heavy atom. The molecule has 0 unspecified atom stereocenters. The molecule has 0 atom stereocenters. The largest absolute Gasteiger partial charge is 0.497 e. The van der Waals surface area contributed by atoms with Crippen molar-refractivity contribution >= 4 is 28.8 Å². The molecule has 6 heteroatoms. The van der Waals surface area contributed by atoms with Gasteiger partial charge in [0, 0.05) is 35.6 Å². The van der Waals surface area contributed by atoms with Crippen molar-refractivity contribution in [3.63, 3.8) is 0 Å². The van der Waals surface area contributed by atoms with Crippen LogP contribution in [-0.4, -0.2) is 30.4 Å². The van der Waals surface area contributed by atoms with E-state index >= 15 is 0 Å². The van der Waals surface area contributed by atoms with Gasteiger partial charge < -0.3 is 15.0 Å². The molecule has 4 rings (SSSR count). The van der Waals surface area contributed by atoms with E-state index in [9.17, 15) is 9.59 Å². The van der Waals surface area contributed by atoms with Gasteiger partial charge in [-0.2, -0.15) is 0 Å². The molecular weight excluding hydrogens is 408 g/mol. The lowest BCUT2D eigenvalue weighted by atomic mass is 10.0. The lowest BCUT2D eigenvalue weighted by Crippen LogP contribution is -2.35. The molecule has 1 aliphatic heterocycles. The van der Waals surface area contributed by atoms with Crippen molar-refractivity contribution in [2.24, 2.45) is 0 Å². The lowest BCUT2D eigenvalue weighted by Gasteiger charge is -2.28. The highest BCUT2D eigenvalue weighted by atomic mass is 32.1. The zero-order chi connectivity index (χ0) is 21.8. The molecule has 1 aliphatic rings. The number of hydrogen-bond acceptors (Lipinski definition) is 4. The molecule has 1 N–H and O–H groups in total. The number of aryl methyl sites for hydroxylation is 1. The molecule has 0 fully saturated rings. The molecule has 0 spiro atoms. The molecule has 160 valence electrons. The smallest absolute Gasteiger partial charge is 0.254 e. The third kappa shape index (κ3) is 4.80. The summed E-state index contributed by atoms with van der Waals surface area (Å²) in [6.45, 7) is 3.27. The van der Waals surface area contributed by atoms with Crippen LogP contribution in [0.5, 0.6) is 5.75 Å². The van der Waals surface area contributed by atoms with Crippen LogP contribution in [0.15, 0.2) is 53.9 Å². The second-order valence-electron chi connectivity index (χ2n) is 7.72. The van der Waals surface area contributed by atoms with E-state index in [0.29, 0.717) is 30.6 Å². The molecular formula is C25H26N2O3S. The standard InChI is InChI=1S/C25H26N2O3S/c1-17-21(25(29)27-14-12-23-19(16-27)13-15-31-23)4-3-5-22(17)26-24(28)11-8-18-6-9-20(30-2)10-7-18/h3-7,9-10,13,15H,8,11-12,14,16H2,1-2H3,(H,26,28). The average Bonchev–Trinajstić information content (AvgIpc) is 3.27. The van der Waals surface area contributed by atoms with Gasteiger partial charge in [0.25, 0.3) is 5.91 Å². The summed E-state index contributed by atoms with van der Waals surface area (Å²) < 4.78 is 5.16. The number of methoxy groups -OCH3 is 1. The highest BCUT2D eigenvalue weighted by Crippen LogP contribution is 2.27. The number of hydrogen-bond donors (Lipinski definition) is 1. The van der Waals surface area contributed by atoms with Crippen LogP contribution in [0.4, 0.5) is 5.69 Å². The Bertz CT molecular complexity index is 1090. The van der Waals surface area contributed by atoms with E-state index in [0.717, 1.165) is 29.8 Å². The summed E-state index contributed by atoms with van der Waals surface area (Å²) in [6, 6.07) is 15.4. The molecule has 0 radical (unpaired) electrons. The van der Waals surface area contributed by atoms with Gasteiger partial charge in [-0.15, -0.1) is 11.3 Å². The van der Waals surface area contributed by atoms with Gasteiger partial charge in [-0.25, -0.2) is 0 Å². The van der Waals surface area contributed by atoms with Crippen LogP contribution < -0.4 is 10.1 Å². The van der Waals surface area contributed by atoms with Crippen molar-refractivity contribution in [1.29, 1.82) is 0 Å². The Labute approximate surface area is 186 Å². The number of thiophene rings is 1. The molecule has 0 saturated heterocycles. The predicted molar refractivity (Wildman–Crippen MR) is 124 cm³/mol. The van der Waals surface area contributed by atoms with Gasteiger partial charge in [-0.05, 0) is 72.2 Å². The summed E-state index contributed by atoms with van der Waals surface area (Å²) in [7, 11) is 1.63. The number of amides is 2. The Balaban J connectivity index is 1.40. The Morgan fingerprint density at radius 1 is 1.13 bits per heavy atom. The number of carbonyl (C=O) groups is 2. The fraction of sp³-hybridized carbons (Fsp3) is 0.280.